The lowest BCUT2D eigenvalue weighted by molar-refractivity contribution is 0.351. The first-order valence-electron chi connectivity index (χ1n) is 6.95. The van der Waals surface area contributed by atoms with Crippen molar-refractivity contribution in [2.75, 3.05) is 0 Å². The van der Waals surface area contributed by atoms with E-state index in [9.17, 15) is 0 Å². The molecule has 1 fully saturated rings. The maximum atomic E-state index is 4.62. The monoisotopic (exact) mass is 240 g/mol. The van der Waals surface area contributed by atoms with Crippen LogP contribution in [0.1, 0.15) is 43.8 Å². The number of rotatable bonds is 2. The molecule has 18 heavy (non-hydrogen) atoms. The fourth-order valence-corrected chi connectivity index (χ4v) is 3.05. The molecule has 94 valence electrons. The Bertz CT molecular complexity index is 507. The third-order valence-electron chi connectivity index (χ3n) is 3.95. The van der Waals surface area contributed by atoms with Crippen LogP contribution in [-0.4, -0.2) is 9.55 Å². The van der Waals surface area contributed by atoms with Gasteiger partial charge in [0.2, 0.25) is 0 Å². The summed E-state index contributed by atoms with van der Waals surface area (Å²) in [4.78, 5) is 4.62. The van der Waals surface area contributed by atoms with E-state index in [1.165, 1.54) is 43.4 Å². The first-order valence-corrected chi connectivity index (χ1v) is 6.95. The molecule has 0 unspecified atom stereocenters. The van der Waals surface area contributed by atoms with E-state index in [4.69, 9.17) is 0 Å². The molecule has 0 radical (unpaired) electrons. The Labute approximate surface area is 109 Å². The van der Waals surface area contributed by atoms with Crippen molar-refractivity contribution in [3.05, 3.63) is 42.2 Å². The van der Waals surface area contributed by atoms with E-state index in [2.05, 4.69) is 46.8 Å². The SMILES string of the molecule is Cc1cnc(-c2ccccc2)n1C1CCCCC1. The van der Waals surface area contributed by atoms with E-state index in [0.29, 0.717) is 6.04 Å². The average Bonchev–Trinajstić information content (AvgIpc) is 2.83. The largest absolute Gasteiger partial charge is 0.325 e. The molecule has 0 atom stereocenters. The smallest absolute Gasteiger partial charge is 0.140 e. The maximum absolute atomic E-state index is 4.62. The predicted octanol–water partition coefficient (Wildman–Crippen LogP) is 4.36. The summed E-state index contributed by atoms with van der Waals surface area (Å²) in [6.07, 6.45) is 8.73. The molecule has 2 nitrogen and oxygen atoms in total. The van der Waals surface area contributed by atoms with Gasteiger partial charge < -0.3 is 4.57 Å². The number of hydrogen-bond donors (Lipinski definition) is 0. The van der Waals surface area contributed by atoms with Gasteiger partial charge in [-0.3, -0.25) is 0 Å². The van der Waals surface area contributed by atoms with Crippen molar-refractivity contribution in [3.8, 4) is 11.4 Å². The Balaban J connectivity index is 2.01. The van der Waals surface area contributed by atoms with Crippen LogP contribution < -0.4 is 0 Å². The predicted molar refractivity (Wildman–Crippen MR) is 74.5 cm³/mol. The molecule has 0 amide bonds. The standard InChI is InChI=1S/C16H20N2/c1-13-12-17-16(14-8-4-2-5-9-14)18(13)15-10-6-3-7-11-15/h2,4-5,8-9,12,15H,3,6-7,10-11H2,1H3. The lowest BCUT2D eigenvalue weighted by atomic mass is 9.95. The van der Waals surface area contributed by atoms with Crippen LogP contribution in [0.2, 0.25) is 0 Å². The van der Waals surface area contributed by atoms with Crippen LogP contribution in [0.4, 0.5) is 0 Å². The van der Waals surface area contributed by atoms with Gasteiger partial charge in [-0.15, -0.1) is 0 Å². The first kappa shape index (κ1) is 11.5. The summed E-state index contributed by atoms with van der Waals surface area (Å²) in [6, 6.07) is 11.2. The molecule has 0 aliphatic heterocycles. The molecule has 1 aromatic heterocycles. The number of benzene rings is 1. The molecule has 1 aliphatic rings. The van der Waals surface area contributed by atoms with Crippen molar-refractivity contribution in [2.45, 2.75) is 45.1 Å². The zero-order chi connectivity index (χ0) is 12.4. The maximum Gasteiger partial charge on any atom is 0.140 e. The highest BCUT2D eigenvalue weighted by molar-refractivity contribution is 5.56. The van der Waals surface area contributed by atoms with Crippen molar-refractivity contribution in [1.82, 2.24) is 9.55 Å². The average molecular weight is 240 g/mol. The number of aromatic nitrogens is 2. The van der Waals surface area contributed by atoms with Crippen LogP contribution in [0.25, 0.3) is 11.4 Å². The second-order valence-electron chi connectivity index (χ2n) is 5.25. The van der Waals surface area contributed by atoms with Gasteiger partial charge in [0.05, 0.1) is 0 Å². The van der Waals surface area contributed by atoms with Crippen LogP contribution in [0.5, 0.6) is 0 Å². The molecule has 1 aromatic carbocycles. The summed E-state index contributed by atoms with van der Waals surface area (Å²) < 4.78 is 2.45. The van der Waals surface area contributed by atoms with Crippen LogP contribution in [-0.2, 0) is 0 Å². The minimum absolute atomic E-state index is 0.649. The van der Waals surface area contributed by atoms with E-state index in [0.717, 1.165) is 5.82 Å². The van der Waals surface area contributed by atoms with Crippen LogP contribution in [0.15, 0.2) is 36.5 Å². The van der Waals surface area contributed by atoms with Gasteiger partial charge in [0.25, 0.3) is 0 Å². The van der Waals surface area contributed by atoms with Gasteiger partial charge in [-0.1, -0.05) is 49.6 Å². The van der Waals surface area contributed by atoms with Crippen LogP contribution >= 0.6 is 0 Å². The number of nitrogens with zero attached hydrogens (tertiary/aromatic N) is 2. The fourth-order valence-electron chi connectivity index (χ4n) is 3.05. The third-order valence-corrected chi connectivity index (χ3v) is 3.95. The van der Waals surface area contributed by atoms with Crippen molar-refractivity contribution in [1.29, 1.82) is 0 Å². The molecule has 1 heterocycles. The first-order chi connectivity index (χ1) is 8.86. The third kappa shape index (κ3) is 2.07. The molecule has 2 aromatic rings. The normalized spacial score (nSPS) is 16.9. The van der Waals surface area contributed by atoms with Gasteiger partial charge in [-0.2, -0.15) is 0 Å². The molecule has 0 spiro atoms. The highest BCUT2D eigenvalue weighted by atomic mass is 15.1. The van der Waals surface area contributed by atoms with Crippen molar-refractivity contribution >= 4 is 0 Å². The topological polar surface area (TPSA) is 17.8 Å². The minimum Gasteiger partial charge on any atom is -0.325 e. The number of aryl methyl sites for hydroxylation is 1. The lowest BCUT2D eigenvalue weighted by Crippen LogP contribution is -2.15. The van der Waals surface area contributed by atoms with Crippen LogP contribution in [0, 0.1) is 6.92 Å². The summed E-state index contributed by atoms with van der Waals surface area (Å²) in [5.41, 5.74) is 2.52. The molecular formula is C16H20N2. The van der Waals surface area contributed by atoms with Gasteiger partial charge in [0.1, 0.15) is 5.82 Å². The summed E-state index contributed by atoms with van der Waals surface area (Å²) in [7, 11) is 0. The summed E-state index contributed by atoms with van der Waals surface area (Å²) in [6.45, 7) is 2.17. The van der Waals surface area contributed by atoms with Crippen LogP contribution in [0.3, 0.4) is 0 Å². The zero-order valence-corrected chi connectivity index (χ0v) is 11.0. The molecule has 0 bridgehead atoms. The van der Waals surface area contributed by atoms with Gasteiger partial charge in [-0.25, -0.2) is 4.98 Å². The highest BCUT2D eigenvalue weighted by Gasteiger charge is 2.20. The minimum atomic E-state index is 0.649. The van der Waals surface area contributed by atoms with E-state index < -0.39 is 0 Å². The summed E-state index contributed by atoms with van der Waals surface area (Å²) in [5.74, 6) is 1.14. The van der Waals surface area contributed by atoms with E-state index in [-0.39, 0.29) is 0 Å². The van der Waals surface area contributed by atoms with E-state index >= 15 is 0 Å². The molecular weight excluding hydrogens is 220 g/mol. The molecule has 3 rings (SSSR count). The van der Waals surface area contributed by atoms with Gasteiger partial charge in [-0.05, 0) is 19.8 Å². The Morgan fingerprint density at radius 3 is 2.50 bits per heavy atom. The Morgan fingerprint density at radius 1 is 1.06 bits per heavy atom. The second kappa shape index (κ2) is 4.97. The van der Waals surface area contributed by atoms with Crippen molar-refractivity contribution in [3.63, 3.8) is 0 Å². The number of imidazole rings is 1. The fraction of sp³-hybridized carbons (Fsp3) is 0.438. The lowest BCUT2D eigenvalue weighted by Gasteiger charge is -2.26. The Hall–Kier alpha value is -1.57. The zero-order valence-electron chi connectivity index (χ0n) is 11.0. The number of hydrogen-bond acceptors (Lipinski definition) is 1. The summed E-state index contributed by atoms with van der Waals surface area (Å²) >= 11 is 0. The van der Waals surface area contributed by atoms with E-state index in [1.807, 2.05) is 6.20 Å². The van der Waals surface area contributed by atoms with E-state index in [1.54, 1.807) is 0 Å². The molecule has 1 aliphatic carbocycles. The van der Waals surface area contributed by atoms with Crippen molar-refractivity contribution in [2.24, 2.45) is 0 Å². The molecule has 1 saturated carbocycles. The molecule has 0 N–H and O–H groups in total. The Kier molecular flexibility index (Phi) is 3.18. The second-order valence-corrected chi connectivity index (χ2v) is 5.25. The van der Waals surface area contributed by atoms with Crippen molar-refractivity contribution < 1.29 is 0 Å². The summed E-state index contributed by atoms with van der Waals surface area (Å²) in [5, 5.41) is 0. The van der Waals surface area contributed by atoms with Gasteiger partial charge >= 0.3 is 0 Å². The van der Waals surface area contributed by atoms with Gasteiger partial charge in [0.15, 0.2) is 0 Å². The molecule has 0 saturated heterocycles. The Morgan fingerprint density at radius 2 is 1.78 bits per heavy atom. The highest BCUT2D eigenvalue weighted by Crippen LogP contribution is 2.33. The quantitative estimate of drug-likeness (QED) is 0.762. The van der Waals surface area contributed by atoms with Gasteiger partial charge in [0, 0.05) is 23.5 Å². The molecule has 2 heteroatoms.